The molecule has 0 fully saturated rings. The molecule has 2 aromatic carbocycles. The lowest BCUT2D eigenvalue weighted by molar-refractivity contribution is -0.137. The van der Waals surface area contributed by atoms with Gasteiger partial charge in [-0.05, 0) is 65.2 Å². The van der Waals surface area contributed by atoms with E-state index in [0.29, 0.717) is 0 Å². The van der Waals surface area contributed by atoms with E-state index in [1.165, 1.54) is 75.0 Å². The van der Waals surface area contributed by atoms with Gasteiger partial charge in [-0.2, -0.15) is 13.2 Å². The van der Waals surface area contributed by atoms with Crippen LogP contribution in [-0.4, -0.2) is 13.3 Å². The zero-order valence-corrected chi connectivity index (χ0v) is 27.4. The first-order valence-electron chi connectivity index (χ1n) is 13.3. The maximum atomic E-state index is 11.9. The summed E-state index contributed by atoms with van der Waals surface area (Å²) in [5.41, 5.74) is -0.608. The van der Waals surface area contributed by atoms with Gasteiger partial charge in [-0.1, -0.05) is 105 Å². The van der Waals surface area contributed by atoms with Crippen LogP contribution in [0.3, 0.4) is 0 Å². The molecular weight excluding hydrogens is 566 g/mol. The highest BCUT2D eigenvalue weighted by Gasteiger charge is 2.29. The molecule has 0 spiro atoms. The summed E-state index contributed by atoms with van der Waals surface area (Å²) in [5.74, 6) is 3.63. The Morgan fingerprint density at radius 2 is 1.26 bits per heavy atom. The molecule has 0 heterocycles. The second kappa shape index (κ2) is 22.2. The molecule has 2 rings (SSSR count). The molecule has 0 N–H and O–H groups in total. The molecule has 0 aromatic heterocycles. The van der Waals surface area contributed by atoms with Crippen LogP contribution in [0.2, 0.25) is 0 Å². The van der Waals surface area contributed by atoms with Crippen LogP contribution in [0.15, 0.2) is 48.5 Å². The van der Waals surface area contributed by atoms with Gasteiger partial charge in [0.25, 0.3) is 0 Å². The second-order valence-corrected chi connectivity index (χ2v) is 12.5. The Labute approximate surface area is 246 Å². The van der Waals surface area contributed by atoms with Crippen LogP contribution < -0.4 is 15.3 Å². The number of benzene rings is 2. The number of ether oxygens (including phenoxy) is 1. The minimum atomic E-state index is -4.22. The smallest absolute Gasteiger partial charge is 0.416 e. The molecule has 0 aliphatic heterocycles. The van der Waals surface area contributed by atoms with Crippen LogP contribution in [0.25, 0.3) is 0 Å². The second-order valence-electron chi connectivity index (χ2n) is 10.4. The Balaban J connectivity index is 0. The average molecular weight is 616 g/mol. The Bertz CT molecular complexity index is 802. The van der Waals surface area contributed by atoms with Crippen molar-refractivity contribution < 1.29 is 17.9 Å². The van der Waals surface area contributed by atoms with Crippen molar-refractivity contribution in [1.29, 1.82) is 0 Å². The maximum Gasteiger partial charge on any atom is 0.416 e. The normalized spacial score (nSPS) is 11.4. The lowest BCUT2D eigenvalue weighted by atomic mass is 9.87. The van der Waals surface area contributed by atoms with Crippen molar-refractivity contribution in [2.45, 2.75) is 85.2 Å². The van der Waals surface area contributed by atoms with Crippen molar-refractivity contribution in [3.63, 3.8) is 0 Å². The van der Waals surface area contributed by atoms with Crippen LogP contribution >= 0.6 is 42.6 Å². The molecule has 8 heteroatoms. The molecule has 1 nitrogen and oxygen atoms in total. The summed E-state index contributed by atoms with van der Waals surface area (Å²) >= 11 is 0. The number of alkyl halides is 3. The van der Waals surface area contributed by atoms with Crippen LogP contribution in [0, 0.1) is 17.8 Å². The van der Waals surface area contributed by atoms with Crippen LogP contribution in [0.1, 0.15) is 84.6 Å². The molecule has 2 aromatic rings. The van der Waals surface area contributed by atoms with E-state index < -0.39 is 11.7 Å². The fourth-order valence-corrected chi connectivity index (χ4v) is 5.23. The SMILES string of the molecule is COc1ccc(PCCCCCC(CCC(C)C)CCC(C)C)cc1.Cl.Cl.FC(F)(F)c1ccc(P)cc1. The Morgan fingerprint density at radius 1 is 0.737 bits per heavy atom. The van der Waals surface area contributed by atoms with E-state index in [0.717, 1.165) is 49.5 Å². The minimum Gasteiger partial charge on any atom is -0.497 e. The molecule has 2 atom stereocenters. The quantitative estimate of drug-likeness (QED) is 0.152. The van der Waals surface area contributed by atoms with Gasteiger partial charge in [0.15, 0.2) is 0 Å². The third-order valence-corrected chi connectivity index (χ3v) is 7.98. The van der Waals surface area contributed by atoms with Crippen molar-refractivity contribution in [3.8, 4) is 5.75 Å². The van der Waals surface area contributed by atoms with Crippen molar-refractivity contribution >= 4 is 53.2 Å². The van der Waals surface area contributed by atoms with Gasteiger partial charge in [0.1, 0.15) is 5.75 Å². The van der Waals surface area contributed by atoms with E-state index in [4.69, 9.17) is 4.74 Å². The van der Waals surface area contributed by atoms with E-state index in [1.54, 1.807) is 7.11 Å². The maximum absolute atomic E-state index is 11.9. The monoisotopic (exact) mass is 614 g/mol. The topological polar surface area (TPSA) is 9.23 Å². The molecule has 38 heavy (non-hydrogen) atoms. The molecule has 0 aliphatic carbocycles. The lowest BCUT2D eigenvalue weighted by Gasteiger charge is -2.19. The van der Waals surface area contributed by atoms with Gasteiger partial charge in [0, 0.05) is 0 Å². The Morgan fingerprint density at radius 3 is 1.71 bits per heavy atom. The van der Waals surface area contributed by atoms with Crippen molar-refractivity contribution in [2.24, 2.45) is 17.8 Å². The summed E-state index contributed by atoms with van der Waals surface area (Å²) in [5, 5.41) is 2.21. The van der Waals surface area contributed by atoms with Gasteiger partial charge < -0.3 is 4.74 Å². The molecule has 0 saturated carbocycles. The summed E-state index contributed by atoms with van der Waals surface area (Å²) in [6, 6.07) is 13.5. The zero-order chi connectivity index (χ0) is 27.0. The third kappa shape index (κ3) is 19.5. The van der Waals surface area contributed by atoms with Gasteiger partial charge in [-0.3, -0.25) is 0 Å². The summed E-state index contributed by atoms with van der Waals surface area (Å²) in [7, 11) is 5.00. The molecule has 2 unspecified atom stereocenters. The van der Waals surface area contributed by atoms with Crippen molar-refractivity contribution in [2.75, 3.05) is 13.3 Å². The standard InChI is InChI=1S/C23H41OP.C7H6F3P.2ClH/c1-19(2)10-12-21(13-11-20(3)4)9-7-6-8-18-25-23-16-14-22(24-5)15-17-23;8-7(9,10)5-1-3-6(11)4-2-5;;/h14-17,19-21,25H,6-13,18H2,1-5H3;1-4H,11H2;2*1H. The largest absolute Gasteiger partial charge is 0.497 e. The van der Waals surface area contributed by atoms with Gasteiger partial charge in [0.2, 0.25) is 0 Å². The van der Waals surface area contributed by atoms with E-state index in [-0.39, 0.29) is 24.8 Å². The Hall–Kier alpha value is -0.530. The van der Waals surface area contributed by atoms with E-state index in [1.807, 2.05) is 0 Å². The number of rotatable bonds is 14. The Kier molecular flexibility index (Phi) is 23.1. The van der Waals surface area contributed by atoms with E-state index >= 15 is 0 Å². The highest BCUT2D eigenvalue weighted by Crippen LogP contribution is 2.28. The molecule has 0 amide bonds. The fourth-order valence-electron chi connectivity index (χ4n) is 3.92. The molecule has 0 saturated heterocycles. The molecular formula is C30H49Cl2F3OP2. The first-order valence-corrected chi connectivity index (χ1v) is 15.1. The van der Waals surface area contributed by atoms with Crippen molar-refractivity contribution in [3.05, 3.63) is 54.1 Å². The lowest BCUT2D eigenvalue weighted by Crippen LogP contribution is -2.05. The zero-order valence-electron chi connectivity index (χ0n) is 23.7. The summed E-state index contributed by atoms with van der Waals surface area (Å²) < 4.78 is 41.0. The van der Waals surface area contributed by atoms with Crippen molar-refractivity contribution in [1.82, 2.24) is 0 Å². The minimum absolute atomic E-state index is 0. The van der Waals surface area contributed by atoms with Gasteiger partial charge in [0.05, 0.1) is 12.7 Å². The molecule has 0 radical (unpaired) electrons. The first kappa shape index (κ1) is 39.6. The average Bonchev–Trinajstić information content (AvgIpc) is 2.82. The third-order valence-electron chi connectivity index (χ3n) is 6.25. The van der Waals surface area contributed by atoms with Gasteiger partial charge in [-0.25, -0.2) is 0 Å². The highest BCUT2D eigenvalue weighted by atomic mass is 35.5. The summed E-state index contributed by atoms with van der Waals surface area (Å²) in [6.07, 6.45) is 8.47. The number of methoxy groups -OCH3 is 1. The predicted molar refractivity (Wildman–Crippen MR) is 171 cm³/mol. The number of unbranched alkanes of at least 4 members (excludes halogenated alkanes) is 2. The van der Waals surface area contributed by atoms with Crippen LogP contribution in [0.4, 0.5) is 13.2 Å². The summed E-state index contributed by atoms with van der Waals surface area (Å²) in [4.78, 5) is 0. The molecule has 0 aliphatic rings. The number of halogens is 5. The van der Waals surface area contributed by atoms with Crippen LogP contribution in [0.5, 0.6) is 5.75 Å². The van der Waals surface area contributed by atoms with E-state index in [2.05, 4.69) is 61.2 Å². The van der Waals surface area contributed by atoms with Crippen LogP contribution in [-0.2, 0) is 6.18 Å². The first-order chi connectivity index (χ1) is 17.0. The van der Waals surface area contributed by atoms with Gasteiger partial charge in [-0.15, -0.1) is 34.1 Å². The predicted octanol–water partition coefficient (Wildman–Crippen LogP) is 10.1. The number of hydrogen-bond acceptors (Lipinski definition) is 1. The summed E-state index contributed by atoms with van der Waals surface area (Å²) in [6.45, 7) is 9.44. The van der Waals surface area contributed by atoms with Gasteiger partial charge >= 0.3 is 6.18 Å². The number of hydrogen-bond donors (Lipinski definition) is 0. The molecule has 0 bridgehead atoms. The molecule has 220 valence electrons. The fraction of sp³-hybridized carbons (Fsp3) is 0.600. The van der Waals surface area contributed by atoms with E-state index in [9.17, 15) is 13.2 Å². The highest BCUT2D eigenvalue weighted by molar-refractivity contribution is 7.47.